The van der Waals surface area contributed by atoms with Gasteiger partial charge in [-0.15, -0.1) is 0 Å². The molecular weight excluding hydrogens is 253 g/mol. The van der Waals surface area contributed by atoms with Crippen LogP contribution < -0.4 is 0 Å². The van der Waals surface area contributed by atoms with E-state index >= 15 is 0 Å². The first-order valence-corrected chi connectivity index (χ1v) is 6.87. The fourth-order valence-electron chi connectivity index (χ4n) is 3.16. The van der Waals surface area contributed by atoms with Gasteiger partial charge >= 0.3 is 0 Å². The van der Waals surface area contributed by atoms with Gasteiger partial charge in [0.1, 0.15) is 0 Å². The number of aliphatic hydroxyl groups is 1. The molecular formula is C15H19F3O. The van der Waals surface area contributed by atoms with Crippen LogP contribution in [0.5, 0.6) is 0 Å². The molecule has 1 N–H and O–H groups in total. The zero-order valence-electron chi connectivity index (χ0n) is 11.0. The summed E-state index contributed by atoms with van der Waals surface area (Å²) in [6, 6.07) is 2.03. The molecule has 1 nitrogen and oxygen atoms in total. The van der Waals surface area contributed by atoms with E-state index in [1.54, 1.807) is 0 Å². The van der Waals surface area contributed by atoms with Crippen molar-refractivity contribution in [3.05, 3.63) is 35.1 Å². The Morgan fingerprint density at radius 3 is 2.53 bits per heavy atom. The van der Waals surface area contributed by atoms with Crippen LogP contribution in [0.4, 0.5) is 13.2 Å². The summed E-state index contributed by atoms with van der Waals surface area (Å²) in [5.41, 5.74) is -0.121. The van der Waals surface area contributed by atoms with Gasteiger partial charge in [-0.25, -0.2) is 13.2 Å². The number of benzene rings is 1. The highest BCUT2D eigenvalue weighted by Crippen LogP contribution is 2.41. The highest BCUT2D eigenvalue weighted by Gasteiger charge is 2.32. The predicted molar refractivity (Wildman–Crippen MR) is 67.0 cm³/mol. The van der Waals surface area contributed by atoms with Crippen molar-refractivity contribution in [1.29, 1.82) is 0 Å². The highest BCUT2D eigenvalue weighted by molar-refractivity contribution is 5.23. The molecule has 1 aromatic rings. The van der Waals surface area contributed by atoms with Crippen molar-refractivity contribution in [2.24, 2.45) is 11.8 Å². The maximum absolute atomic E-state index is 13.7. The Balaban J connectivity index is 2.28. The number of halogens is 3. The summed E-state index contributed by atoms with van der Waals surface area (Å²) in [5.74, 6) is -3.73. The Labute approximate surface area is 111 Å². The Morgan fingerprint density at radius 2 is 1.84 bits per heavy atom. The topological polar surface area (TPSA) is 20.2 Å². The number of rotatable bonds is 3. The molecule has 0 saturated heterocycles. The molecule has 1 fully saturated rings. The standard InChI is InChI=1S/C15H19F3O/c1-2-9-5-3-4-6-10(9)15(19)11-7-8-12(16)14(18)13(11)17/h7-10,15,19H,2-6H2,1H3. The van der Waals surface area contributed by atoms with Crippen LogP contribution in [0.25, 0.3) is 0 Å². The molecule has 3 unspecified atom stereocenters. The van der Waals surface area contributed by atoms with Gasteiger partial charge in [-0.3, -0.25) is 0 Å². The van der Waals surface area contributed by atoms with Crippen LogP contribution in [0.3, 0.4) is 0 Å². The summed E-state index contributed by atoms with van der Waals surface area (Å²) in [6.07, 6.45) is 3.76. The maximum Gasteiger partial charge on any atom is 0.194 e. The van der Waals surface area contributed by atoms with Gasteiger partial charge in [0.2, 0.25) is 0 Å². The molecule has 1 aliphatic carbocycles. The average Bonchev–Trinajstić information content (AvgIpc) is 2.44. The summed E-state index contributed by atoms with van der Waals surface area (Å²) in [4.78, 5) is 0. The van der Waals surface area contributed by atoms with Gasteiger partial charge in [0.05, 0.1) is 6.10 Å². The lowest BCUT2D eigenvalue weighted by Gasteiger charge is -2.34. The summed E-state index contributed by atoms with van der Waals surface area (Å²) in [6.45, 7) is 2.04. The van der Waals surface area contributed by atoms with Crippen molar-refractivity contribution in [3.8, 4) is 0 Å². The minimum absolute atomic E-state index is 0.0712. The van der Waals surface area contributed by atoms with E-state index in [9.17, 15) is 18.3 Å². The van der Waals surface area contributed by atoms with Gasteiger partial charge in [-0.2, -0.15) is 0 Å². The number of aliphatic hydroxyl groups excluding tert-OH is 1. The van der Waals surface area contributed by atoms with E-state index in [-0.39, 0.29) is 11.5 Å². The van der Waals surface area contributed by atoms with Crippen molar-refractivity contribution in [2.75, 3.05) is 0 Å². The molecule has 4 heteroatoms. The zero-order chi connectivity index (χ0) is 14.0. The monoisotopic (exact) mass is 272 g/mol. The van der Waals surface area contributed by atoms with Crippen molar-refractivity contribution in [1.82, 2.24) is 0 Å². The molecule has 1 saturated carbocycles. The first-order chi connectivity index (χ1) is 9.06. The van der Waals surface area contributed by atoms with E-state index in [0.29, 0.717) is 5.92 Å². The molecule has 1 aliphatic rings. The minimum atomic E-state index is -1.50. The van der Waals surface area contributed by atoms with Crippen LogP contribution >= 0.6 is 0 Å². The summed E-state index contributed by atoms with van der Waals surface area (Å²) < 4.78 is 39.9. The van der Waals surface area contributed by atoms with E-state index in [0.717, 1.165) is 44.2 Å². The normalized spacial score (nSPS) is 25.3. The van der Waals surface area contributed by atoms with Gasteiger partial charge < -0.3 is 5.11 Å². The van der Waals surface area contributed by atoms with Crippen molar-refractivity contribution < 1.29 is 18.3 Å². The summed E-state index contributed by atoms with van der Waals surface area (Å²) in [5, 5.41) is 10.3. The lowest BCUT2D eigenvalue weighted by molar-refractivity contribution is 0.0421. The molecule has 3 atom stereocenters. The Morgan fingerprint density at radius 1 is 1.16 bits per heavy atom. The van der Waals surface area contributed by atoms with Crippen LogP contribution in [0, 0.1) is 29.3 Å². The van der Waals surface area contributed by atoms with Gasteiger partial charge in [-0.1, -0.05) is 38.7 Å². The molecule has 0 heterocycles. The molecule has 1 aromatic carbocycles. The smallest absolute Gasteiger partial charge is 0.194 e. The SMILES string of the molecule is CCC1CCCCC1C(O)c1ccc(F)c(F)c1F. The fourth-order valence-corrected chi connectivity index (χ4v) is 3.16. The second-order valence-electron chi connectivity index (χ2n) is 5.33. The lowest BCUT2D eigenvalue weighted by atomic mass is 9.73. The number of hydrogen-bond donors (Lipinski definition) is 1. The first kappa shape index (κ1) is 14.4. The number of hydrogen-bond acceptors (Lipinski definition) is 1. The van der Waals surface area contributed by atoms with Crippen LogP contribution in [0.1, 0.15) is 50.7 Å². The van der Waals surface area contributed by atoms with E-state index in [1.807, 2.05) is 6.92 Å². The minimum Gasteiger partial charge on any atom is -0.388 e. The van der Waals surface area contributed by atoms with Gasteiger partial charge in [0, 0.05) is 5.56 Å². The van der Waals surface area contributed by atoms with E-state index in [4.69, 9.17) is 0 Å². The van der Waals surface area contributed by atoms with E-state index < -0.39 is 23.6 Å². The van der Waals surface area contributed by atoms with Crippen molar-refractivity contribution in [2.45, 2.75) is 45.1 Å². The Bertz CT molecular complexity index is 447. The highest BCUT2D eigenvalue weighted by atomic mass is 19.2. The molecule has 0 bridgehead atoms. The van der Waals surface area contributed by atoms with Gasteiger partial charge in [-0.05, 0) is 24.3 Å². The summed E-state index contributed by atoms with van der Waals surface area (Å²) >= 11 is 0. The Kier molecular flexibility index (Phi) is 4.50. The summed E-state index contributed by atoms with van der Waals surface area (Å²) in [7, 11) is 0. The largest absolute Gasteiger partial charge is 0.388 e. The molecule has 106 valence electrons. The maximum atomic E-state index is 13.7. The van der Waals surface area contributed by atoms with Gasteiger partial charge in [0.15, 0.2) is 17.5 Å². The first-order valence-electron chi connectivity index (χ1n) is 6.87. The predicted octanol–water partition coefficient (Wildman–Crippen LogP) is 4.35. The molecule has 19 heavy (non-hydrogen) atoms. The molecule has 0 aromatic heterocycles. The lowest BCUT2D eigenvalue weighted by Crippen LogP contribution is -2.26. The van der Waals surface area contributed by atoms with Crippen LogP contribution in [-0.4, -0.2) is 5.11 Å². The average molecular weight is 272 g/mol. The molecule has 0 spiro atoms. The Hall–Kier alpha value is -1.03. The third-order valence-electron chi connectivity index (χ3n) is 4.28. The molecule has 0 radical (unpaired) electrons. The fraction of sp³-hybridized carbons (Fsp3) is 0.600. The van der Waals surface area contributed by atoms with E-state index in [1.165, 1.54) is 0 Å². The third-order valence-corrected chi connectivity index (χ3v) is 4.28. The van der Waals surface area contributed by atoms with Crippen LogP contribution in [-0.2, 0) is 0 Å². The van der Waals surface area contributed by atoms with E-state index in [2.05, 4.69) is 0 Å². The molecule has 0 aliphatic heterocycles. The third kappa shape index (κ3) is 2.78. The molecule has 0 amide bonds. The second-order valence-corrected chi connectivity index (χ2v) is 5.33. The zero-order valence-corrected chi connectivity index (χ0v) is 11.0. The molecule has 2 rings (SSSR count). The van der Waals surface area contributed by atoms with Crippen LogP contribution in [0.15, 0.2) is 12.1 Å². The van der Waals surface area contributed by atoms with Crippen molar-refractivity contribution >= 4 is 0 Å². The quantitative estimate of drug-likeness (QED) is 0.811. The van der Waals surface area contributed by atoms with Gasteiger partial charge in [0.25, 0.3) is 0 Å². The van der Waals surface area contributed by atoms with Crippen molar-refractivity contribution in [3.63, 3.8) is 0 Å². The van der Waals surface area contributed by atoms with Crippen LogP contribution in [0.2, 0.25) is 0 Å². The second kappa shape index (κ2) is 5.95.